The maximum absolute atomic E-state index is 13.1. The Kier molecular flexibility index (Phi) is 6.40. The van der Waals surface area contributed by atoms with E-state index in [1.807, 2.05) is 26.0 Å². The number of carbonyl (C=O) groups is 2. The minimum atomic E-state index is -0.451. The van der Waals surface area contributed by atoms with Gasteiger partial charge in [0.25, 0.3) is 5.91 Å². The lowest BCUT2D eigenvalue weighted by atomic mass is 10.1. The zero-order chi connectivity index (χ0) is 22.8. The van der Waals surface area contributed by atoms with Gasteiger partial charge in [0.2, 0.25) is 5.82 Å². The second kappa shape index (κ2) is 9.23. The molecule has 0 aromatic carbocycles. The fourth-order valence-electron chi connectivity index (χ4n) is 4.01. The van der Waals surface area contributed by atoms with Crippen LogP contribution in [0.2, 0.25) is 0 Å². The van der Waals surface area contributed by atoms with Gasteiger partial charge in [0.15, 0.2) is 11.3 Å². The van der Waals surface area contributed by atoms with Crippen LogP contribution in [0.5, 0.6) is 0 Å². The molecule has 1 amide bonds. The molecule has 1 aliphatic heterocycles. The van der Waals surface area contributed by atoms with Crippen molar-refractivity contribution in [2.75, 3.05) is 38.2 Å². The van der Waals surface area contributed by atoms with Gasteiger partial charge in [-0.25, -0.2) is 19.3 Å². The number of carbonyl (C=O) groups excluding carboxylic acids is 2. The number of aryl methyl sites for hydroxylation is 1. The summed E-state index contributed by atoms with van der Waals surface area (Å²) in [7, 11) is 1.34. The smallest absolute Gasteiger partial charge is 0.356 e. The minimum Gasteiger partial charge on any atom is -0.464 e. The van der Waals surface area contributed by atoms with Crippen molar-refractivity contribution in [2.24, 2.45) is 5.92 Å². The number of fused-ring (bicyclic) bond motifs is 1. The van der Waals surface area contributed by atoms with Crippen molar-refractivity contribution in [3.05, 3.63) is 52.0 Å². The normalized spacial score (nSPS) is 15.9. The maximum Gasteiger partial charge on any atom is 0.356 e. The standard InChI is InChI=1S/C22H25BrN6O3/c1-4-27(21(30)19-25-20-14(2)10-16(23)13-29(20)26-19)11-15-8-9-28(12-15)18-7-5-6-17(24-18)22(31)32-3/h5-7,10,13,15H,4,8-9,11-12H2,1-3H3. The summed E-state index contributed by atoms with van der Waals surface area (Å²) in [6.45, 7) is 6.66. The van der Waals surface area contributed by atoms with Crippen LogP contribution < -0.4 is 4.90 Å². The summed E-state index contributed by atoms with van der Waals surface area (Å²) < 4.78 is 7.29. The van der Waals surface area contributed by atoms with Crippen LogP contribution in [0.1, 0.15) is 40.0 Å². The summed E-state index contributed by atoms with van der Waals surface area (Å²) in [5.74, 6) is 0.613. The van der Waals surface area contributed by atoms with Gasteiger partial charge in [-0.2, -0.15) is 0 Å². The maximum atomic E-state index is 13.1. The monoisotopic (exact) mass is 500 g/mol. The molecule has 9 nitrogen and oxygen atoms in total. The van der Waals surface area contributed by atoms with Gasteiger partial charge in [-0.05, 0) is 65.9 Å². The van der Waals surface area contributed by atoms with E-state index in [0.29, 0.717) is 24.4 Å². The quantitative estimate of drug-likeness (QED) is 0.480. The van der Waals surface area contributed by atoms with Gasteiger partial charge in [-0.3, -0.25) is 4.79 Å². The van der Waals surface area contributed by atoms with Crippen LogP contribution >= 0.6 is 15.9 Å². The summed E-state index contributed by atoms with van der Waals surface area (Å²) in [6.07, 6.45) is 2.73. The Morgan fingerprint density at radius 1 is 1.31 bits per heavy atom. The number of anilines is 1. The summed E-state index contributed by atoms with van der Waals surface area (Å²) in [6, 6.07) is 7.28. The third kappa shape index (κ3) is 4.45. The van der Waals surface area contributed by atoms with Gasteiger partial charge in [0.1, 0.15) is 5.82 Å². The summed E-state index contributed by atoms with van der Waals surface area (Å²) in [4.78, 5) is 37.7. The van der Waals surface area contributed by atoms with Gasteiger partial charge in [-0.15, -0.1) is 5.10 Å². The van der Waals surface area contributed by atoms with Crippen molar-refractivity contribution in [1.82, 2.24) is 24.5 Å². The number of pyridine rings is 2. The van der Waals surface area contributed by atoms with Gasteiger partial charge in [0, 0.05) is 36.8 Å². The summed E-state index contributed by atoms with van der Waals surface area (Å²) in [5, 5.41) is 4.39. The highest BCUT2D eigenvalue weighted by molar-refractivity contribution is 9.10. The molecule has 3 aromatic heterocycles. The fourth-order valence-corrected chi connectivity index (χ4v) is 4.55. The van der Waals surface area contributed by atoms with Crippen molar-refractivity contribution in [1.29, 1.82) is 0 Å². The zero-order valence-corrected chi connectivity index (χ0v) is 19.9. The van der Waals surface area contributed by atoms with Crippen LogP contribution in [0, 0.1) is 12.8 Å². The molecule has 0 spiro atoms. The SMILES string of the molecule is CCN(CC1CCN(c2cccc(C(=O)OC)n2)C1)C(=O)c1nc2c(C)cc(Br)cn2n1. The molecule has 1 saturated heterocycles. The molecule has 10 heteroatoms. The number of nitrogens with zero attached hydrogens (tertiary/aromatic N) is 6. The van der Waals surface area contributed by atoms with E-state index in [0.717, 1.165) is 35.4 Å². The van der Waals surface area contributed by atoms with Crippen LogP contribution in [0.15, 0.2) is 34.9 Å². The van der Waals surface area contributed by atoms with Crippen molar-refractivity contribution in [3.63, 3.8) is 0 Å². The Balaban J connectivity index is 1.45. The zero-order valence-electron chi connectivity index (χ0n) is 18.3. The van der Waals surface area contributed by atoms with E-state index in [1.165, 1.54) is 7.11 Å². The average molecular weight is 501 g/mol. The molecule has 32 heavy (non-hydrogen) atoms. The molecular formula is C22H25BrN6O3. The molecule has 4 rings (SSSR count). The minimum absolute atomic E-state index is 0.170. The molecule has 3 aromatic rings. The fraction of sp³-hybridized carbons (Fsp3) is 0.409. The Hall–Kier alpha value is -3.01. The van der Waals surface area contributed by atoms with Crippen molar-refractivity contribution in [3.8, 4) is 0 Å². The average Bonchev–Trinajstić information content (AvgIpc) is 3.44. The molecule has 1 fully saturated rings. The Labute approximate surface area is 194 Å². The number of amides is 1. The van der Waals surface area contributed by atoms with Crippen molar-refractivity contribution >= 4 is 39.3 Å². The van der Waals surface area contributed by atoms with Crippen molar-refractivity contribution < 1.29 is 14.3 Å². The third-order valence-corrected chi connectivity index (χ3v) is 6.10. The van der Waals surface area contributed by atoms with Gasteiger partial charge in [0.05, 0.1) is 7.11 Å². The van der Waals surface area contributed by atoms with Crippen LogP contribution in [0.25, 0.3) is 5.65 Å². The summed E-state index contributed by atoms with van der Waals surface area (Å²) >= 11 is 3.45. The van der Waals surface area contributed by atoms with E-state index >= 15 is 0 Å². The number of rotatable bonds is 6. The predicted molar refractivity (Wildman–Crippen MR) is 123 cm³/mol. The van der Waals surface area contributed by atoms with Crippen molar-refractivity contribution in [2.45, 2.75) is 20.3 Å². The van der Waals surface area contributed by atoms with Crippen LogP contribution in [-0.4, -0.2) is 69.6 Å². The van der Waals surface area contributed by atoms with Gasteiger partial charge < -0.3 is 14.5 Å². The van der Waals surface area contributed by atoms with E-state index in [1.54, 1.807) is 27.7 Å². The lowest BCUT2D eigenvalue weighted by Gasteiger charge is -2.24. The molecular weight excluding hydrogens is 476 g/mol. The third-order valence-electron chi connectivity index (χ3n) is 5.66. The molecule has 0 bridgehead atoms. The lowest BCUT2D eigenvalue weighted by molar-refractivity contribution is 0.0593. The van der Waals surface area contributed by atoms with Crippen LogP contribution in [0.3, 0.4) is 0 Å². The number of hydrogen-bond acceptors (Lipinski definition) is 7. The Morgan fingerprint density at radius 2 is 2.12 bits per heavy atom. The Bertz CT molecular complexity index is 1160. The molecule has 0 N–H and O–H groups in total. The van der Waals surface area contributed by atoms with E-state index in [4.69, 9.17) is 4.74 Å². The van der Waals surface area contributed by atoms with E-state index in [2.05, 4.69) is 35.9 Å². The topological polar surface area (TPSA) is 92.9 Å². The second-order valence-corrected chi connectivity index (χ2v) is 8.78. The lowest BCUT2D eigenvalue weighted by Crippen LogP contribution is -2.37. The first-order chi connectivity index (χ1) is 15.4. The first kappa shape index (κ1) is 22.2. The number of halogens is 1. The highest BCUT2D eigenvalue weighted by Gasteiger charge is 2.29. The summed E-state index contributed by atoms with van der Waals surface area (Å²) in [5.41, 5.74) is 1.91. The molecule has 0 radical (unpaired) electrons. The van der Waals surface area contributed by atoms with Crippen LogP contribution in [-0.2, 0) is 4.74 Å². The highest BCUT2D eigenvalue weighted by Crippen LogP contribution is 2.24. The molecule has 168 valence electrons. The van der Waals surface area contributed by atoms with Crippen LogP contribution in [0.4, 0.5) is 5.82 Å². The number of ether oxygens (including phenoxy) is 1. The molecule has 4 heterocycles. The predicted octanol–water partition coefficient (Wildman–Crippen LogP) is 2.97. The Morgan fingerprint density at radius 3 is 2.88 bits per heavy atom. The number of methoxy groups -OCH3 is 1. The van der Waals surface area contributed by atoms with E-state index in [-0.39, 0.29) is 17.6 Å². The van der Waals surface area contributed by atoms with Gasteiger partial charge in [-0.1, -0.05) is 6.07 Å². The largest absolute Gasteiger partial charge is 0.464 e. The number of esters is 1. The van der Waals surface area contributed by atoms with E-state index in [9.17, 15) is 9.59 Å². The number of hydrogen-bond donors (Lipinski definition) is 0. The molecule has 1 unspecified atom stereocenters. The second-order valence-electron chi connectivity index (χ2n) is 7.86. The van der Waals surface area contributed by atoms with E-state index < -0.39 is 5.97 Å². The molecule has 0 aliphatic carbocycles. The molecule has 1 atom stereocenters. The first-order valence-corrected chi connectivity index (χ1v) is 11.3. The molecule has 0 saturated carbocycles. The highest BCUT2D eigenvalue weighted by atomic mass is 79.9. The first-order valence-electron chi connectivity index (χ1n) is 10.5. The van der Waals surface area contributed by atoms with Gasteiger partial charge >= 0.3 is 5.97 Å². The molecule has 1 aliphatic rings. The number of aromatic nitrogens is 4.